The minimum absolute atomic E-state index is 0.0595. The molecule has 0 spiro atoms. The summed E-state index contributed by atoms with van der Waals surface area (Å²) < 4.78 is 28.5. The zero-order valence-corrected chi connectivity index (χ0v) is 17.5. The van der Waals surface area contributed by atoms with Crippen LogP contribution >= 0.6 is 11.3 Å². The molecule has 0 unspecified atom stereocenters. The summed E-state index contributed by atoms with van der Waals surface area (Å²) >= 11 is 1.27. The van der Waals surface area contributed by atoms with E-state index in [1.807, 2.05) is 6.92 Å². The number of rotatable bonds is 6. The number of nitrogens with zero attached hydrogens (tertiary/aromatic N) is 1. The number of anilines is 1. The Morgan fingerprint density at radius 3 is 2.48 bits per heavy atom. The summed E-state index contributed by atoms with van der Waals surface area (Å²) in [5.74, 6) is -1.42. The minimum Gasteiger partial charge on any atom is -0.452 e. The first-order chi connectivity index (χ1) is 12.6. The molecule has 8 nitrogen and oxygen atoms in total. The number of esters is 1. The molecule has 0 aromatic carbocycles. The van der Waals surface area contributed by atoms with Crippen LogP contribution in [0.1, 0.15) is 41.1 Å². The van der Waals surface area contributed by atoms with Gasteiger partial charge in [-0.15, -0.1) is 11.3 Å². The van der Waals surface area contributed by atoms with Gasteiger partial charge in [0.15, 0.2) is 16.4 Å². The van der Waals surface area contributed by atoms with Crippen molar-refractivity contribution in [3.63, 3.8) is 0 Å². The molecular weight excluding hydrogens is 392 g/mol. The van der Waals surface area contributed by atoms with Crippen LogP contribution in [-0.4, -0.2) is 61.8 Å². The van der Waals surface area contributed by atoms with E-state index in [2.05, 4.69) is 5.32 Å². The van der Waals surface area contributed by atoms with Gasteiger partial charge in [-0.3, -0.25) is 9.59 Å². The second-order valence-electron chi connectivity index (χ2n) is 6.48. The molecule has 1 saturated heterocycles. The van der Waals surface area contributed by atoms with Crippen LogP contribution in [0.25, 0.3) is 0 Å². The van der Waals surface area contributed by atoms with Gasteiger partial charge < -0.3 is 15.0 Å². The fourth-order valence-corrected chi connectivity index (χ4v) is 5.89. The first-order valence-corrected chi connectivity index (χ1v) is 11.2. The molecule has 1 N–H and O–H groups in total. The fourth-order valence-electron chi connectivity index (χ4n) is 3.06. The van der Waals surface area contributed by atoms with E-state index in [0.29, 0.717) is 23.5 Å². The Morgan fingerprint density at radius 1 is 1.30 bits per heavy atom. The summed E-state index contributed by atoms with van der Waals surface area (Å²) in [7, 11) is -3.12. The highest BCUT2D eigenvalue weighted by molar-refractivity contribution is 7.91. The molecule has 1 aromatic heterocycles. The van der Waals surface area contributed by atoms with Crippen molar-refractivity contribution in [3.8, 4) is 0 Å². The summed E-state index contributed by atoms with van der Waals surface area (Å²) in [5, 5.41) is 3.00. The zero-order valence-electron chi connectivity index (χ0n) is 15.8. The second kappa shape index (κ2) is 8.39. The van der Waals surface area contributed by atoms with E-state index in [0.717, 1.165) is 4.88 Å². The molecule has 2 amide bonds. The largest absolute Gasteiger partial charge is 0.452 e. The lowest BCUT2D eigenvalue weighted by molar-refractivity contribution is -0.136. The molecule has 1 aromatic rings. The van der Waals surface area contributed by atoms with Gasteiger partial charge in [-0.05, 0) is 32.8 Å². The van der Waals surface area contributed by atoms with Crippen molar-refractivity contribution in [1.29, 1.82) is 0 Å². The minimum atomic E-state index is -3.12. The van der Waals surface area contributed by atoms with Crippen LogP contribution in [0, 0.1) is 13.8 Å². The van der Waals surface area contributed by atoms with Crippen LogP contribution in [0.5, 0.6) is 0 Å². The van der Waals surface area contributed by atoms with E-state index in [4.69, 9.17) is 4.74 Å². The molecule has 27 heavy (non-hydrogen) atoms. The van der Waals surface area contributed by atoms with Crippen molar-refractivity contribution in [3.05, 3.63) is 16.0 Å². The molecule has 1 fully saturated rings. The van der Waals surface area contributed by atoms with Gasteiger partial charge in [-0.25, -0.2) is 13.2 Å². The number of ether oxygens (including phenoxy) is 1. The third kappa shape index (κ3) is 5.07. The van der Waals surface area contributed by atoms with Crippen molar-refractivity contribution in [2.75, 3.05) is 30.0 Å². The predicted molar refractivity (Wildman–Crippen MR) is 103 cm³/mol. The summed E-state index contributed by atoms with van der Waals surface area (Å²) in [6.07, 6.45) is 0.394. The third-order valence-corrected chi connectivity index (χ3v) is 7.39. The Kier molecular flexibility index (Phi) is 6.63. The number of carbonyl (C=O) groups is 3. The smallest absolute Gasteiger partial charge is 0.341 e. The van der Waals surface area contributed by atoms with E-state index >= 15 is 0 Å². The summed E-state index contributed by atoms with van der Waals surface area (Å²) in [5.41, 5.74) is 0.933. The van der Waals surface area contributed by atoms with E-state index < -0.39 is 28.3 Å². The summed E-state index contributed by atoms with van der Waals surface area (Å²) in [4.78, 5) is 38.6. The van der Waals surface area contributed by atoms with Crippen molar-refractivity contribution >= 4 is 44.0 Å². The van der Waals surface area contributed by atoms with Crippen LogP contribution in [0.4, 0.5) is 5.00 Å². The van der Waals surface area contributed by atoms with Gasteiger partial charge in [-0.2, -0.15) is 0 Å². The lowest BCUT2D eigenvalue weighted by Gasteiger charge is -2.26. The molecule has 1 aliphatic rings. The van der Waals surface area contributed by atoms with Gasteiger partial charge in [0, 0.05) is 24.4 Å². The molecule has 150 valence electrons. The highest BCUT2D eigenvalue weighted by atomic mass is 32.2. The van der Waals surface area contributed by atoms with Gasteiger partial charge in [0.1, 0.15) is 5.00 Å². The normalized spacial score (nSPS) is 18.1. The quantitative estimate of drug-likeness (QED) is 0.704. The van der Waals surface area contributed by atoms with Gasteiger partial charge in [-0.1, -0.05) is 0 Å². The predicted octanol–water partition coefficient (Wildman–Crippen LogP) is 1.52. The molecule has 2 heterocycles. The van der Waals surface area contributed by atoms with Crippen LogP contribution < -0.4 is 5.32 Å². The Morgan fingerprint density at radius 2 is 1.96 bits per heavy atom. The summed E-state index contributed by atoms with van der Waals surface area (Å²) in [6.45, 7) is 6.54. The third-order valence-electron chi connectivity index (χ3n) is 4.52. The maximum Gasteiger partial charge on any atom is 0.341 e. The molecular formula is C17H24N2O6S2. The van der Waals surface area contributed by atoms with Crippen molar-refractivity contribution in [2.24, 2.45) is 0 Å². The number of amides is 2. The number of sulfone groups is 1. The maximum absolute atomic E-state index is 12.5. The first-order valence-electron chi connectivity index (χ1n) is 8.60. The Bertz CT molecular complexity index is 859. The molecule has 0 radical (unpaired) electrons. The number of likely N-dealkylation sites (N-methyl/N-ethyl adjacent to an activating group) is 1. The molecule has 1 aliphatic heterocycles. The average molecular weight is 417 g/mol. The fraction of sp³-hybridized carbons (Fsp3) is 0.588. The van der Waals surface area contributed by atoms with Crippen LogP contribution in [-0.2, 0) is 24.2 Å². The van der Waals surface area contributed by atoms with E-state index in [9.17, 15) is 22.8 Å². The standard InChI is InChI=1S/C17H24N2O6S2/c1-5-19(13-6-7-27(23,24)9-13)14(21)8-25-17(22)15-10(2)11(3)26-16(15)18-12(4)20/h13H,5-9H2,1-4H3,(H,18,20)/t13-/m1/s1. The number of aryl methyl sites for hydroxylation is 1. The zero-order chi connectivity index (χ0) is 20.4. The van der Waals surface area contributed by atoms with Crippen molar-refractivity contribution in [1.82, 2.24) is 4.90 Å². The summed E-state index contributed by atoms with van der Waals surface area (Å²) in [6, 6.07) is -0.383. The Hall–Kier alpha value is -1.94. The highest BCUT2D eigenvalue weighted by Crippen LogP contribution is 2.33. The average Bonchev–Trinajstić information content (AvgIpc) is 3.05. The number of hydrogen-bond acceptors (Lipinski definition) is 7. The Balaban J connectivity index is 2.06. The van der Waals surface area contributed by atoms with Crippen LogP contribution in [0.3, 0.4) is 0 Å². The number of carbonyl (C=O) groups excluding carboxylic acids is 3. The molecule has 0 saturated carbocycles. The molecule has 2 rings (SSSR count). The van der Waals surface area contributed by atoms with Gasteiger partial charge in [0.25, 0.3) is 5.91 Å². The van der Waals surface area contributed by atoms with Gasteiger partial charge in [0.05, 0.1) is 17.1 Å². The van der Waals surface area contributed by atoms with Crippen LogP contribution in [0.15, 0.2) is 0 Å². The van der Waals surface area contributed by atoms with Gasteiger partial charge >= 0.3 is 5.97 Å². The van der Waals surface area contributed by atoms with Crippen molar-refractivity contribution in [2.45, 2.75) is 40.2 Å². The molecule has 0 bridgehead atoms. The molecule has 10 heteroatoms. The van der Waals surface area contributed by atoms with Gasteiger partial charge in [0.2, 0.25) is 5.91 Å². The van der Waals surface area contributed by atoms with Crippen LogP contribution in [0.2, 0.25) is 0 Å². The monoisotopic (exact) mass is 416 g/mol. The van der Waals surface area contributed by atoms with E-state index in [1.165, 1.54) is 23.2 Å². The number of hydrogen-bond donors (Lipinski definition) is 1. The Labute approximate surface area is 162 Å². The topological polar surface area (TPSA) is 110 Å². The van der Waals surface area contributed by atoms with Crippen molar-refractivity contribution < 1.29 is 27.5 Å². The van der Waals surface area contributed by atoms with E-state index in [1.54, 1.807) is 13.8 Å². The maximum atomic E-state index is 12.5. The number of nitrogens with one attached hydrogen (secondary N) is 1. The molecule has 1 atom stereocenters. The lowest BCUT2D eigenvalue weighted by Crippen LogP contribution is -2.43. The first kappa shape index (κ1) is 21.4. The lowest BCUT2D eigenvalue weighted by atomic mass is 10.1. The SMILES string of the molecule is CCN(C(=O)COC(=O)c1c(NC(C)=O)sc(C)c1C)[C@@H]1CCS(=O)(=O)C1. The second-order valence-corrected chi connectivity index (χ2v) is 9.93. The van der Waals surface area contributed by atoms with E-state index in [-0.39, 0.29) is 29.0 Å². The number of thiophene rings is 1. The highest BCUT2D eigenvalue weighted by Gasteiger charge is 2.34. The molecule has 0 aliphatic carbocycles.